The number of β-amino-alcohol motifs (C(OH)–C–C–N with tert-alkyl or cyclic N) is 1. The summed E-state index contributed by atoms with van der Waals surface area (Å²) in [7, 11) is 0. The molecule has 3 N–H and O–H groups in total. The Labute approximate surface area is 206 Å². The van der Waals surface area contributed by atoms with Gasteiger partial charge in [0.15, 0.2) is 0 Å². The normalized spacial score (nSPS) is 36.3. The van der Waals surface area contributed by atoms with Crippen LogP contribution in [0.5, 0.6) is 0 Å². The molecule has 1 aliphatic carbocycles. The number of nitrogens with one attached hydrogen (secondary N) is 2. The van der Waals surface area contributed by atoms with E-state index in [0.29, 0.717) is 13.0 Å². The molecule has 35 heavy (non-hydrogen) atoms. The second-order valence-electron chi connectivity index (χ2n) is 11.0. The second-order valence-corrected chi connectivity index (χ2v) is 11.0. The van der Waals surface area contributed by atoms with Gasteiger partial charge in [-0.2, -0.15) is 0 Å². The molecule has 2 bridgehead atoms. The maximum Gasteiger partial charge on any atom is 0.246 e. The Morgan fingerprint density at radius 2 is 1.86 bits per heavy atom. The molecule has 3 heterocycles. The molecule has 3 aliphatic heterocycles. The zero-order valence-electron chi connectivity index (χ0n) is 20.7. The van der Waals surface area contributed by atoms with Crippen molar-refractivity contribution in [1.29, 1.82) is 0 Å². The third-order valence-corrected chi connectivity index (χ3v) is 8.95. The standard InChI is InChI=1S/C27H37N3O5/c1-17-15-27-21(20(26(17,2)35-27)23(32)28-16-18-9-5-3-6-10-18)25(34)30(13-14-31)22(27)24(33)29-19-11-7-4-8-12-19/h3,5-6,9-10,17,19-22,31H,4,7-8,11-16H2,1-2H3,(H,28,32)(H,29,33)/t17?,20-,21+,22?,26+,27?/m1/s1. The van der Waals surface area contributed by atoms with Gasteiger partial charge >= 0.3 is 0 Å². The SMILES string of the molecule is CC1CC23O[C@]1(C)[C@@H](C(=O)NCc1ccccc1)[C@H]2C(=O)N(CCO)C3C(=O)NC1CCCCC1. The van der Waals surface area contributed by atoms with Crippen molar-refractivity contribution in [3.05, 3.63) is 35.9 Å². The maximum atomic E-state index is 13.8. The minimum atomic E-state index is -1.06. The lowest BCUT2D eigenvalue weighted by atomic mass is 9.62. The molecule has 6 atom stereocenters. The number of nitrogens with zero attached hydrogens (tertiary/aromatic N) is 1. The fourth-order valence-corrected chi connectivity index (χ4v) is 7.21. The van der Waals surface area contributed by atoms with Crippen molar-refractivity contribution in [3.63, 3.8) is 0 Å². The quantitative estimate of drug-likeness (QED) is 0.548. The predicted octanol–water partition coefficient (Wildman–Crippen LogP) is 1.75. The van der Waals surface area contributed by atoms with Gasteiger partial charge in [0.2, 0.25) is 17.7 Å². The first kappa shape index (κ1) is 24.3. The molecule has 1 spiro atoms. The number of carbonyl (C=O) groups excluding carboxylic acids is 3. The van der Waals surface area contributed by atoms with Crippen LogP contribution in [0.2, 0.25) is 0 Å². The van der Waals surface area contributed by atoms with Crippen LogP contribution in [0.4, 0.5) is 0 Å². The van der Waals surface area contributed by atoms with Crippen LogP contribution in [0.15, 0.2) is 30.3 Å². The number of aliphatic hydroxyl groups excluding tert-OH is 1. The highest BCUT2D eigenvalue weighted by molar-refractivity contribution is 5.99. The summed E-state index contributed by atoms with van der Waals surface area (Å²) >= 11 is 0. The van der Waals surface area contributed by atoms with Crippen LogP contribution < -0.4 is 10.6 Å². The third-order valence-electron chi connectivity index (χ3n) is 8.95. The number of hydrogen-bond donors (Lipinski definition) is 3. The molecule has 1 aromatic rings. The number of aliphatic hydroxyl groups is 1. The van der Waals surface area contributed by atoms with Gasteiger partial charge in [-0.05, 0) is 37.7 Å². The minimum absolute atomic E-state index is 0.00178. The minimum Gasteiger partial charge on any atom is -0.395 e. The summed E-state index contributed by atoms with van der Waals surface area (Å²) in [6.45, 7) is 4.11. The van der Waals surface area contributed by atoms with E-state index < -0.39 is 29.1 Å². The van der Waals surface area contributed by atoms with Crippen molar-refractivity contribution in [2.24, 2.45) is 17.8 Å². The number of amides is 3. The molecule has 3 saturated heterocycles. The highest BCUT2D eigenvalue weighted by Crippen LogP contribution is 2.65. The summed E-state index contributed by atoms with van der Waals surface area (Å²) in [6, 6.07) is 8.90. The molecule has 1 saturated carbocycles. The van der Waals surface area contributed by atoms with Crippen molar-refractivity contribution in [3.8, 4) is 0 Å². The van der Waals surface area contributed by atoms with Gasteiger partial charge in [-0.3, -0.25) is 14.4 Å². The molecule has 0 aromatic heterocycles. The van der Waals surface area contributed by atoms with Crippen molar-refractivity contribution in [2.45, 2.75) is 82.2 Å². The fraction of sp³-hybridized carbons (Fsp3) is 0.667. The Balaban J connectivity index is 1.44. The fourth-order valence-electron chi connectivity index (χ4n) is 7.21. The Kier molecular flexibility index (Phi) is 6.38. The Bertz CT molecular complexity index is 980. The number of rotatable bonds is 7. The van der Waals surface area contributed by atoms with Crippen molar-refractivity contribution >= 4 is 17.7 Å². The second kappa shape index (κ2) is 9.21. The summed E-state index contributed by atoms with van der Waals surface area (Å²) in [6.07, 6.45) is 5.74. The van der Waals surface area contributed by atoms with Crippen molar-refractivity contribution in [2.75, 3.05) is 13.2 Å². The lowest BCUT2D eigenvalue weighted by Gasteiger charge is -2.36. The van der Waals surface area contributed by atoms with E-state index in [-0.39, 0.29) is 42.8 Å². The van der Waals surface area contributed by atoms with E-state index in [1.807, 2.05) is 44.2 Å². The van der Waals surface area contributed by atoms with Crippen LogP contribution in [0.25, 0.3) is 0 Å². The van der Waals surface area contributed by atoms with Gasteiger partial charge in [-0.25, -0.2) is 0 Å². The zero-order chi connectivity index (χ0) is 24.8. The third kappa shape index (κ3) is 3.85. The highest BCUT2D eigenvalue weighted by atomic mass is 16.5. The Morgan fingerprint density at radius 1 is 1.14 bits per heavy atom. The molecule has 1 aromatic carbocycles. The van der Waals surface area contributed by atoms with Gasteiger partial charge in [-0.15, -0.1) is 0 Å². The molecule has 8 nitrogen and oxygen atoms in total. The number of fused-ring (bicyclic) bond motifs is 1. The van der Waals surface area contributed by atoms with Crippen LogP contribution in [-0.4, -0.2) is 64.2 Å². The number of likely N-dealkylation sites (tertiary alicyclic amines) is 1. The zero-order valence-corrected chi connectivity index (χ0v) is 20.7. The molecule has 0 radical (unpaired) electrons. The monoisotopic (exact) mass is 483 g/mol. The largest absolute Gasteiger partial charge is 0.395 e. The van der Waals surface area contributed by atoms with Crippen LogP contribution in [0, 0.1) is 17.8 Å². The van der Waals surface area contributed by atoms with Crippen LogP contribution >= 0.6 is 0 Å². The van der Waals surface area contributed by atoms with E-state index >= 15 is 0 Å². The van der Waals surface area contributed by atoms with Crippen LogP contribution in [0.3, 0.4) is 0 Å². The number of hydrogen-bond acceptors (Lipinski definition) is 5. The Morgan fingerprint density at radius 3 is 2.54 bits per heavy atom. The summed E-state index contributed by atoms with van der Waals surface area (Å²) < 4.78 is 6.67. The van der Waals surface area contributed by atoms with Gasteiger partial charge in [0.25, 0.3) is 0 Å². The van der Waals surface area contributed by atoms with Gasteiger partial charge in [0, 0.05) is 19.1 Å². The summed E-state index contributed by atoms with van der Waals surface area (Å²) in [5, 5.41) is 15.9. The average Bonchev–Trinajstić information content (AvgIpc) is 3.36. The van der Waals surface area contributed by atoms with Gasteiger partial charge in [0.1, 0.15) is 11.6 Å². The molecule has 5 rings (SSSR count). The van der Waals surface area contributed by atoms with E-state index in [1.54, 1.807) is 0 Å². The molecule has 3 amide bonds. The molecule has 4 fully saturated rings. The van der Waals surface area contributed by atoms with Gasteiger partial charge < -0.3 is 25.4 Å². The lowest BCUT2D eigenvalue weighted by molar-refractivity contribution is -0.148. The predicted molar refractivity (Wildman–Crippen MR) is 129 cm³/mol. The van der Waals surface area contributed by atoms with Crippen LogP contribution in [0.1, 0.15) is 57.9 Å². The van der Waals surface area contributed by atoms with E-state index in [2.05, 4.69) is 10.6 Å². The highest BCUT2D eigenvalue weighted by Gasteiger charge is 2.79. The van der Waals surface area contributed by atoms with E-state index in [4.69, 9.17) is 4.74 Å². The molecule has 4 aliphatic rings. The summed E-state index contributed by atoms with van der Waals surface area (Å²) in [5.74, 6) is -2.15. The number of ether oxygens (including phenoxy) is 1. The van der Waals surface area contributed by atoms with E-state index in [0.717, 1.165) is 31.2 Å². The van der Waals surface area contributed by atoms with Crippen molar-refractivity contribution < 1.29 is 24.2 Å². The maximum absolute atomic E-state index is 13.8. The topological polar surface area (TPSA) is 108 Å². The molecular formula is C27H37N3O5. The lowest BCUT2D eigenvalue weighted by Crippen LogP contribution is -2.57. The number of carbonyl (C=O) groups is 3. The summed E-state index contributed by atoms with van der Waals surface area (Å²) in [5.41, 5.74) is -0.925. The van der Waals surface area contributed by atoms with Crippen LogP contribution in [-0.2, 0) is 25.7 Å². The summed E-state index contributed by atoms with van der Waals surface area (Å²) in [4.78, 5) is 42.5. The van der Waals surface area contributed by atoms with E-state index in [9.17, 15) is 19.5 Å². The number of benzene rings is 1. The molecule has 190 valence electrons. The van der Waals surface area contributed by atoms with Crippen molar-refractivity contribution in [1.82, 2.24) is 15.5 Å². The first-order valence-corrected chi connectivity index (χ1v) is 13.1. The Hall–Kier alpha value is -2.45. The first-order valence-electron chi connectivity index (χ1n) is 13.1. The van der Waals surface area contributed by atoms with Gasteiger partial charge in [-0.1, -0.05) is 56.5 Å². The van der Waals surface area contributed by atoms with Gasteiger partial charge in [0.05, 0.1) is 24.0 Å². The molecule has 8 heteroatoms. The smallest absolute Gasteiger partial charge is 0.246 e. The molecule has 3 unspecified atom stereocenters. The molecular weight excluding hydrogens is 446 g/mol. The van der Waals surface area contributed by atoms with E-state index in [1.165, 1.54) is 11.3 Å². The first-order chi connectivity index (χ1) is 16.8. The average molecular weight is 484 g/mol.